The minimum atomic E-state index is -3.48. The van der Waals surface area contributed by atoms with Crippen molar-refractivity contribution in [1.82, 2.24) is 9.62 Å². The maximum Gasteiger partial charge on any atom is 0.251 e. The smallest absolute Gasteiger partial charge is 0.251 e. The molecule has 1 aliphatic rings. The first-order valence-electron chi connectivity index (χ1n) is 9.05. The van der Waals surface area contributed by atoms with Gasteiger partial charge in [-0.15, -0.1) is 0 Å². The summed E-state index contributed by atoms with van der Waals surface area (Å²) in [6.45, 7) is 5.09. The van der Waals surface area contributed by atoms with Crippen LogP contribution in [-0.2, 0) is 10.0 Å². The van der Waals surface area contributed by atoms with Gasteiger partial charge in [-0.3, -0.25) is 4.79 Å². The van der Waals surface area contributed by atoms with Crippen LogP contribution in [0.5, 0.6) is 0 Å². The summed E-state index contributed by atoms with van der Waals surface area (Å²) < 4.78 is 26.3. The third kappa shape index (κ3) is 5.16. The minimum Gasteiger partial charge on any atom is -0.352 e. The quantitative estimate of drug-likeness (QED) is 0.720. The molecule has 0 spiro atoms. The molecule has 0 unspecified atom stereocenters. The Morgan fingerprint density at radius 2 is 1.80 bits per heavy atom. The van der Waals surface area contributed by atoms with E-state index in [2.05, 4.69) is 11.4 Å². The molecule has 1 aliphatic carbocycles. The second-order valence-electron chi connectivity index (χ2n) is 6.23. The summed E-state index contributed by atoms with van der Waals surface area (Å²) in [7, 11) is -3.48. The number of allylic oxidation sites excluding steroid dienone is 1. The lowest BCUT2D eigenvalue weighted by Crippen LogP contribution is -2.30. The lowest BCUT2D eigenvalue weighted by molar-refractivity contribution is 0.0954. The van der Waals surface area contributed by atoms with Gasteiger partial charge in [0.15, 0.2) is 0 Å². The summed E-state index contributed by atoms with van der Waals surface area (Å²) in [5, 5.41) is 2.91. The average Bonchev–Trinajstić information content (AvgIpc) is 2.63. The summed E-state index contributed by atoms with van der Waals surface area (Å²) in [5.74, 6) is -0.164. The van der Waals surface area contributed by atoms with E-state index in [0.29, 0.717) is 25.2 Å². The van der Waals surface area contributed by atoms with Crippen molar-refractivity contribution in [2.75, 3.05) is 19.6 Å². The molecular weight excluding hydrogens is 336 g/mol. The van der Waals surface area contributed by atoms with Gasteiger partial charge in [0.1, 0.15) is 0 Å². The number of benzene rings is 1. The lowest BCUT2D eigenvalue weighted by atomic mass is 9.97. The normalized spacial score (nSPS) is 15.1. The molecule has 0 saturated heterocycles. The van der Waals surface area contributed by atoms with Crippen molar-refractivity contribution < 1.29 is 13.2 Å². The molecule has 6 heteroatoms. The maximum absolute atomic E-state index is 12.4. The Morgan fingerprint density at radius 3 is 2.36 bits per heavy atom. The van der Waals surface area contributed by atoms with Crippen LogP contribution in [0.3, 0.4) is 0 Å². The number of amides is 1. The van der Waals surface area contributed by atoms with Crippen LogP contribution in [0.25, 0.3) is 0 Å². The second-order valence-corrected chi connectivity index (χ2v) is 8.17. The second kappa shape index (κ2) is 9.15. The summed E-state index contributed by atoms with van der Waals surface area (Å²) in [5.41, 5.74) is 1.91. The number of rotatable bonds is 8. The predicted octanol–water partition coefficient (Wildman–Crippen LogP) is 3.34. The van der Waals surface area contributed by atoms with E-state index in [1.165, 1.54) is 34.9 Å². The summed E-state index contributed by atoms with van der Waals surface area (Å²) >= 11 is 0. The Balaban J connectivity index is 1.94. The Hall–Kier alpha value is -1.66. The fourth-order valence-corrected chi connectivity index (χ4v) is 4.52. The molecule has 2 rings (SSSR count). The molecule has 25 heavy (non-hydrogen) atoms. The van der Waals surface area contributed by atoms with Crippen molar-refractivity contribution >= 4 is 15.9 Å². The highest BCUT2D eigenvalue weighted by Gasteiger charge is 2.21. The van der Waals surface area contributed by atoms with Crippen molar-refractivity contribution in [2.45, 2.75) is 50.8 Å². The fourth-order valence-electron chi connectivity index (χ4n) is 3.06. The number of sulfonamides is 1. The molecule has 0 bridgehead atoms. The highest BCUT2D eigenvalue weighted by atomic mass is 32.2. The van der Waals surface area contributed by atoms with Gasteiger partial charge in [-0.25, -0.2) is 8.42 Å². The largest absolute Gasteiger partial charge is 0.352 e. The first kappa shape index (κ1) is 19.7. The number of hydrogen-bond acceptors (Lipinski definition) is 3. The van der Waals surface area contributed by atoms with Gasteiger partial charge in [-0.1, -0.05) is 25.5 Å². The van der Waals surface area contributed by atoms with E-state index in [1.807, 2.05) is 13.8 Å². The zero-order valence-corrected chi connectivity index (χ0v) is 15.9. The van der Waals surface area contributed by atoms with Crippen LogP contribution in [0, 0.1) is 0 Å². The topological polar surface area (TPSA) is 66.5 Å². The Bertz CT molecular complexity index is 705. The van der Waals surface area contributed by atoms with Crippen LogP contribution >= 0.6 is 0 Å². The monoisotopic (exact) mass is 364 g/mol. The highest BCUT2D eigenvalue weighted by molar-refractivity contribution is 7.89. The SMILES string of the molecule is CCN(CC)S(=O)(=O)c1ccc(C(=O)NCCC2=CCCCC2)cc1. The molecule has 0 aliphatic heterocycles. The van der Waals surface area contributed by atoms with Gasteiger partial charge in [0.05, 0.1) is 4.90 Å². The Kier molecular flexibility index (Phi) is 7.20. The van der Waals surface area contributed by atoms with Crippen molar-refractivity contribution in [3.63, 3.8) is 0 Å². The van der Waals surface area contributed by atoms with Gasteiger partial charge in [-0.2, -0.15) is 4.31 Å². The third-order valence-electron chi connectivity index (χ3n) is 4.58. The highest BCUT2D eigenvalue weighted by Crippen LogP contribution is 2.19. The molecule has 0 aromatic heterocycles. The van der Waals surface area contributed by atoms with Crippen LogP contribution < -0.4 is 5.32 Å². The van der Waals surface area contributed by atoms with Crippen LogP contribution in [0.4, 0.5) is 0 Å². The number of hydrogen-bond donors (Lipinski definition) is 1. The standard InChI is InChI=1S/C19H28N2O3S/c1-3-21(4-2)25(23,24)18-12-10-17(11-13-18)19(22)20-15-14-16-8-6-5-7-9-16/h8,10-13H,3-7,9,14-15H2,1-2H3,(H,20,22). The van der Waals surface area contributed by atoms with Gasteiger partial charge in [0, 0.05) is 25.2 Å². The van der Waals surface area contributed by atoms with Gasteiger partial charge in [0.2, 0.25) is 10.0 Å². The Morgan fingerprint density at radius 1 is 1.12 bits per heavy atom. The van der Waals surface area contributed by atoms with Crippen LogP contribution in [0.15, 0.2) is 40.8 Å². The molecule has 0 fully saturated rings. The molecule has 5 nitrogen and oxygen atoms in total. The number of nitrogens with one attached hydrogen (secondary N) is 1. The molecule has 0 radical (unpaired) electrons. The van der Waals surface area contributed by atoms with Gasteiger partial charge in [0.25, 0.3) is 5.91 Å². The molecule has 138 valence electrons. The molecule has 1 N–H and O–H groups in total. The summed E-state index contributed by atoms with van der Waals surface area (Å²) in [4.78, 5) is 12.4. The number of carbonyl (C=O) groups excluding carboxylic acids is 1. The first-order chi connectivity index (χ1) is 12.0. The van der Waals surface area contributed by atoms with Crippen LogP contribution in [-0.4, -0.2) is 38.3 Å². The van der Waals surface area contributed by atoms with E-state index in [1.54, 1.807) is 12.1 Å². The summed E-state index contributed by atoms with van der Waals surface area (Å²) in [6, 6.07) is 6.16. The van der Waals surface area contributed by atoms with E-state index < -0.39 is 10.0 Å². The van der Waals surface area contributed by atoms with Crippen molar-refractivity contribution in [2.24, 2.45) is 0 Å². The molecule has 1 aromatic rings. The zero-order valence-electron chi connectivity index (χ0n) is 15.1. The molecular formula is C19H28N2O3S. The zero-order chi connectivity index (χ0) is 18.3. The van der Waals surface area contributed by atoms with Crippen LogP contribution in [0.1, 0.15) is 56.3 Å². The van der Waals surface area contributed by atoms with E-state index in [-0.39, 0.29) is 10.8 Å². The summed E-state index contributed by atoms with van der Waals surface area (Å²) in [6.07, 6.45) is 7.95. The molecule has 1 aromatic carbocycles. The minimum absolute atomic E-state index is 0.164. The van der Waals surface area contributed by atoms with Gasteiger partial charge < -0.3 is 5.32 Å². The third-order valence-corrected chi connectivity index (χ3v) is 6.64. The Labute approximate surface area is 151 Å². The molecule has 0 saturated carbocycles. The van der Waals surface area contributed by atoms with Crippen LogP contribution in [0.2, 0.25) is 0 Å². The van der Waals surface area contributed by atoms with E-state index in [4.69, 9.17) is 0 Å². The van der Waals surface area contributed by atoms with Gasteiger partial charge in [-0.05, 0) is 56.4 Å². The first-order valence-corrected chi connectivity index (χ1v) is 10.5. The van der Waals surface area contributed by atoms with Crippen molar-refractivity contribution in [3.8, 4) is 0 Å². The van der Waals surface area contributed by atoms with E-state index in [9.17, 15) is 13.2 Å². The van der Waals surface area contributed by atoms with Gasteiger partial charge >= 0.3 is 0 Å². The van der Waals surface area contributed by atoms with Crippen molar-refractivity contribution in [1.29, 1.82) is 0 Å². The van der Waals surface area contributed by atoms with E-state index in [0.717, 1.165) is 19.3 Å². The van der Waals surface area contributed by atoms with E-state index >= 15 is 0 Å². The maximum atomic E-state index is 12.4. The fraction of sp³-hybridized carbons (Fsp3) is 0.526. The predicted molar refractivity (Wildman–Crippen MR) is 100 cm³/mol. The molecule has 1 amide bonds. The molecule has 0 heterocycles. The lowest BCUT2D eigenvalue weighted by Gasteiger charge is -2.18. The number of nitrogens with zero attached hydrogens (tertiary/aromatic N) is 1. The van der Waals surface area contributed by atoms with Crippen molar-refractivity contribution in [3.05, 3.63) is 41.5 Å². The molecule has 0 atom stereocenters. The number of carbonyl (C=O) groups is 1. The average molecular weight is 365 g/mol.